The van der Waals surface area contributed by atoms with Crippen molar-refractivity contribution < 1.29 is 14.6 Å². The largest absolute Gasteiger partial charge is 0.436 e. The summed E-state index contributed by atoms with van der Waals surface area (Å²) in [5, 5.41) is 20.3. The van der Waals surface area contributed by atoms with Crippen molar-refractivity contribution >= 4 is 28.7 Å². The number of hydrogen-bond donors (Lipinski definition) is 2. The number of thiocarbonyl (C=S) groups is 1. The molecule has 0 aliphatic carbocycles. The van der Waals surface area contributed by atoms with Crippen LogP contribution in [0.25, 0.3) is 22.6 Å². The summed E-state index contributed by atoms with van der Waals surface area (Å²) in [5.74, 6) is 0.428. The average molecular weight is 299 g/mol. The molecular weight excluding hydrogens is 286 g/mol. The van der Waals surface area contributed by atoms with Gasteiger partial charge in [-0.05, 0) is 29.3 Å². The standard InChI is InChI=1S/C16H13NO3S/c18-7-10-5-11(8-19)13(9-21)12(6-10)16-17-14-3-1-2-4-15(14)20-16/h1-6,9,18-19H,7-8H2. The number of aliphatic hydroxyl groups is 2. The molecule has 0 fully saturated rings. The number of aromatic nitrogens is 1. The molecule has 0 saturated heterocycles. The molecule has 0 aliphatic heterocycles. The summed E-state index contributed by atoms with van der Waals surface area (Å²) in [6.07, 6.45) is 0. The van der Waals surface area contributed by atoms with Crippen LogP contribution in [-0.2, 0) is 13.2 Å². The highest BCUT2D eigenvalue weighted by atomic mass is 32.1. The zero-order valence-corrected chi connectivity index (χ0v) is 11.9. The van der Waals surface area contributed by atoms with Gasteiger partial charge >= 0.3 is 0 Å². The Morgan fingerprint density at radius 2 is 1.95 bits per heavy atom. The van der Waals surface area contributed by atoms with Crippen molar-refractivity contribution in [3.63, 3.8) is 0 Å². The van der Waals surface area contributed by atoms with Crippen molar-refractivity contribution in [1.29, 1.82) is 0 Å². The lowest BCUT2D eigenvalue weighted by atomic mass is 9.99. The van der Waals surface area contributed by atoms with Crippen molar-refractivity contribution in [3.05, 3.63) is 53.1 Å². The number of para-hydroxylation sites is 2. The summed E-state index contributed by atoms with van der Waals surface area (Å²) in [5.41, 5.74) is 4.13. The highest BCUT2D eigenvalue weighted by molar-refractivity contribution is 7.79. The Labute approximate surface area is 126 Å². The number of nitrogens with zero attached hydrogens (tertiary/aromatic N) is 1. The zero-order valence-electron chi connectivity index (χ0n) is 11.1. The second-order valence-electron chi connectivity index (χ2n) is 4.64. The molecule has 4 nitrogen and oxygen atoms in total. The van der Waals surface area contributed by atoms with E-state index in [1.165, 1.54) is 5.37 Å². The van der Waals surface area contributed by atoms with Gasteiger partial charge < -0.3 is 14.6 Å². The van der Waals surface area contributed by atoms with Crippen LogP contribution in [0.15, 0.2) is 40.8 Å². The van der Waals surface area contributed by atoms with Gasteiger partial charge in [0, 0.05) is 16.5 Å². The quantitative estimate of drug-likeness (QED) is 0.725. The third-order valence-electron chi connectivity index (χ3n) is 3.32. The maximum Gasteiger partial charge on any atom is 0.227 e. The maximum atomic E-state index is 9.48. The molecule has 106 valence electrons. The number of oxazole rings is 1. The summed E-state index contributed by atoms with van der Waals surface area (Å²) in [6.45, 7) is -0.290. The lowest BCUT2D eigenvalue weighted by Crippen LogP contribution is -1.99. The molecule has 3 aromatic rings. The van der Waals surface area contributed by atoms with Gasteiger partial charge in [0.05, 0.1) is 13.2 Å². The van der Waals surface area contributed by atoms with Crippen LogP contribution in [0.4, 0.5) is 0 Å². The minimum Gasteiger partial charge on any atom is -0.436 e. The van der Waals surface area contributed by atoms with Gasteiger partial charge in [-0.1, -0.05) is 30.4 Å². The van der Waals surface area contributed by atoms with Crippen LogP contribution >= 0.6 is 12.2 Å². The maximum absolute atomic E-state index is 9.48. The fourth-order valence-electron chi connectivity index (χ4n) is 2.30. The molecule has 0 spiro atoms. The van der Waals surface area contributed by atoms with E-state index < -0.39 is 0 Å². The summed E-state index contributed by atoms with van der Waals surface area (Å²) in [4.78, 5) is 4.45. The first kappa shape index (κ1) is 13.9. The van der Waals surface area contributed by atoms with E-state index in [2.05, 4.69) is 4.98 Å². The number of rotatable bonds is 4. The fourth-order valence-corrected chi connectivity index (χ4v) is 2.58. The summed E-state index contributed by atoms with van der Waals surface area (Å²) in [7, 11) is 0. The van der Waals surface area contributed by atoms with Crippen molar-refractivity contribution in [1.82, 2.24) is 4.98 Å². The lowest BCUT2D eigenvalue weighted by molar-refractivity contribution is 0.275. The zero-order chi connectivity index (χ0) is 14.8. The van der Waals surface area contributed by atoms with E-state index in [0.29, 0.717) is 33.7 Å². The minimum atomic E-state index is -0.163. The first-order valence-corrected chi connectivity index (χ1v) is 6.92. The van der Waals surface area contributed by atoms with Crippen LogP contribution in [0, 0.1) is 0 Å². The van der Waals surface area contributed by atoms with Gasteiger partial charge in [-0.25, -0.2) is 4.98 Å². The second-order valence-corrected chi connectivity index (χ2v) is 4.87. The fraction of sp³-hybridized carbons (Fsp3) is 0.125. The average Bonchev–Trinajstić information content (AvgIpc) is 2.97. The predicted molar refractivity (Wildman–Crippen MR) is 84.0 cm³/mol. The summed E-state index contributed by atoms with van der Waals surface area (Å²) >= 11 is 5.05. The van der Waals surface area contributed by atoms with Crippen molar-refractivity contribution in [2.45, 2.75) is 13.2 Å². The molecule has 0 amide bonds. The SMILES string of the molecule is OCc1cc(CO)c(C=S)c(-c2nc3ccccc3o2)c1. The van der Waals surface area contributed by atoms with Crippen LogP contribution in [0.3, 0.4) is 0 Å². The van der Waals surface area contributed by atoms with Gasteiger partial charge in [-0.2, -0.15) is 0 Å². The van der Waals surface area contributed by atoms with E-state index in [1.54, 1.807) is 12.1 Å². The first-order chi connectivity index (χ1) is 10.3. The van der Waals surface area contributed by atoms with Gasteiger partial charge in [0.2, 0.25) is 5.89 Å². The van der Waals surface area contributed by atoms with Crippen molar-refractivity contribution in [2.75, 3.05) is 0 Å². The number of benzene rings is 2. The summed E-state index contributed by atoms with van der Waals surface area (Å²) < 4.78 is 5.75. The lowest BCUT2D eigenvalue weighted by Gasteiger charge is -2.09. The molecular formula is C16H13NO3S. The van der Waals surface area contributed by atoms with Crippen LogP contribution in [0.2, 0.25) is 0 Å². The van der Waals surface area contributed by atoms with Crippen LogP contribution in [0.1, 0.15) is 16.7 Å². The van der Waals surface area contributed by atoms with Gasteiger partial charge in [0.1, 0.15) is 5.52 Å². The van der Waals surface area contributed by atoms with Crippen molar-refractivity contribution in [3.8, 4) is 11.5 Å². The molecule has 0 bridgehead atoms. The van der Waals surface area contributed by atoms with E-state index in [4.69, 9.17) is 16.6 Å². The van der Waals surface area contributed by atoms with E-state index in [1.807, 2.05) is 24.3 Å². The monoisotopic (exact) mass is 299 g/mol. The Bertz CT molecular complexity index is 777. The van der Waals surface area contributed by atoms with E-state index in [9.17, 15) is 10.2 Å². The molecule has 21 heavy (non-hydrogen) atoms. The van der Waals surface area contributed by atoms with Crippen molar-refractivity contribution in [2.24, 2.45) is 0 Å². The van der Waals surface area contributed by atoms with Crippen LogP contribution in [-0.4, -0.2) is 20.6 Å². The Kier molecular flexibility index (Phi) is 3.79. The van der Waals surface area contributed by atoms with E-state index in [0.717, 1.165) is 5.52 Å². The van der Waals surface area contributed by atoms with Gasteiger partial charge in [-0.3, -0.25) is 0 Å². The topological polar surface area (TPSA) is 66.5 Å². The van der Waals surface area contributed by atoms with Crippen LogP contribution in [0.5, 0.6) is 0 Å². The van der Waals surface area contributed by atoms with Gasteiger partial charge in [0.25, 0.3) is 0 Å². The number of hydrogen-bond acceptors (Lipinski definition) is 5. The highest BCUT2D eigenvalue weighted by Crippen LogP contribution is 2.29. The number of aliphatic hydroxyl groups excluding tert-OH is 2. The third-order valence-corrected chi connectivity index (χ3v) is 3.56. The Morgan fingerprint density at radius 3 is 2.62 bits per heavy atom. The molecule has 0 saturated carbocycles. The van der Waals surface area contributed by atoms with Crippen LogP contribution < -0.4 is 0 Å². The molecule has 2 N–H and O–H groups in total. The van der Waals surface area contributed by atoms with Gasteiger partial charge in [-0.15, -0.1) is 0 Å². The first-order valence-electron chi connectivity index (χ1n) is 6.45. The Hall–Kier alpha value is -2.08. The Morgan fingerprint density at radius 1 is 1.14 bits per heavy atom. The number of fused-ring (bicyclic) bond motifs is 1. The van der Waals surface area contributed by atoms with E-state index in [-0.39, 0.29) is 13.2 Å². The molecule has 3 rings (SSSR count). The minimum absolute atomic E-state index is 0.127. The third kappa shape index (κ3) is 2.47. The van der Waals surface area contributed by atoms with E-state index >= 15 is 0 Å². The normalized spacial score (nSPS) is 11.0. The molecule has 2 aromatic carbocycles. The van der Waals surface area contributed by atoms with Gasteiger partial charge in [0.15, 0.2) is 5.58 Å². The highest BCUT2D eigenvalue weighted by Gasteiger charge is 2.15. The smallest absolute Gasteiger partial charge is 0.227 e. The molecule has 0 unspecified atom stereocenters. The Balaban J connectivity index is 2.26. The molecule has 5 heteroatoms. The molecule has 0 radical (unpaired) electrons. The second kappa shape index (κ2) is 5.73. The predicted octanol–water partition coefficient (Wildman–Crippen LogP) is 2.83. The molecule has 0 atom stereocenters. The molecule has 0 aliphatic rings. The molecule has 1 aromatic heterocycles. The summed E-state index contributed by atoms with van der Waals surface area (Å²) in [6, 6.07) is 11.0. The molecule has 1 heterocycles.